The maximum atomic E-state index is 13.0. The van der Waals surface area contributed by atoms with E-state index in [2.05, 4.69) is 41.8 Å². The average molecular weight is 533 g/mol. The zero-order valence-electron chi connectivity index (χ0n) is 16.2. The number of carbonyl (C=O) groups is 2. The Morgan fingerprint density at radius 3 is 2.79 bits per heavy atom. The van der Waals surface area contributed by atoms with Crippen LogP contribution in [0.3, 0.4) is 0 Å². The van der Waals surface area contributed by atoms with Gasteiger partial charge in [0.15, 0.2) is 0 Å². The highest BCUT2D eigenvalue weighted by molar-refractivity contribution is 14.1. The minimum atomic E-state index is -0.419. The molecule has 0 saturated carbocycles. The highest BCUT2D eigenvalue weighted by Crippen LogP contribution is 2.42. The fraction of sp³-hybridized carbons (Fsp3) is 0.400. The molecule has 0 bridgehead atoms. The van der Waals surface area contributed by atoms with E-state index in [4.69, 9.17) is 16.3 Å². The summed E-state index contributed by atoms with van der Waals surface area (Å²) in [5.74, 6) is -0.491. The quantitative estimate of drug-likeness (QED) is 0.413. The van der Waals surface area contributed by atoms with Gasteiger partial charge in [-0.25, -0.2) is 4.79 Å². The van der Waals surface area contributed by atoms with E-state index < -0.39 is 5.97 Å². The number of hydrogen-bond acceptors (Lipinski definition) is 5. The molecule has 0 fully saturated rings. The van der Waals surface area contributed by atoms with Gasteiger partial charge in [0.05, 0.1) is 27.8 Å². The predicted octanol–water partition coefficient (Wildman–Crippen LogP) is 5.58. The number of esters is 1. The summed E-state index contributed by atoms with van der Waals surface area (Å²) in [5.41, 5.74) is 1.72. The summed E-state index contributed by atoms with van der Waals surface area (Å²) in [6.07, 6.45) is 0.616. The van der Waals surface area contributed by atoms with Gasteiger partial charge in [-0.1, -0.05) is 25.4 Å². The molecule has 1 N–H and O–H groups in total. The number of halogens is 2. The molecular formula is C20H22ClIN2O3S. The van der Waals surface area contributed by atoms with Gasteiger partial charge in [0.25, 0.3) is 5.91 Å². The van der Waals surface area contributed by atoms with Crippen molar-refractivity contribution in [2.45, 2.75) is 27.2 Å². The number of rotatable bonds is 4. The highest BCUT2D eigenvalue weighted by Gasteiger charge is 2.37. The SMILES string of the molecule is CCOC(=O)c1c(Nc2ccc(I)cc2Cl)sc2c1CC(C)(C)CN(C)C2=O. The van der Waals surface area contributed by atoms with Crippen molar-refractivity contribution < 1.29 is 14.3 Å². The van der Waals surface area contributed by atoms with Crippen molar-refractivity contribution in [1.82, 2.24) is 4.90 Å². The van der Waals surface area contributed by atoms with E-state index in [-0.39, 0.29) is 17.9 Å². The Bertz CT molecular complexity index is 942. The summed E-state index contributed by atoms with van der Waals surface area (Å²) in [7, 11) is 1.80. The second-order valence-corrected chi connectivity index (χ2v) is 10.3. The van der Waals surface area contributed by atoms with Crippen LogP contribution in [0.25, 0.3) is 0 Å². The van der Waals surface area contributed by atoms with Crippen molar-refractivity contribution >= 4 is 68.1 Å². The molecule has 5 nitrogen and oxygen atoms in total. The van der Waals surface area contributed by atoms with E-state index in [1.165, 1.54) is 11.3 Å². The fourth-order valence-electron chi connectivity index (χ4n) is 3.45. The lowest BCUT2D eigenvalue weighted by Crippen LogP contribution is -2.33. The number of nitrogens with one attached hydrogen (secondary N) is 1. The summed E-state index contributed by atoms with van der Waals surface area (Å²) >= 11 is 9.84. The van der Waals surface area contributed by atoms with E-state index in [0.717, 1.165) is 9.13 Å². The topological polar surface area (TPSA) is 58.6 Å². The number of ether oxygens (including phenoxy) is 1. The maximum Gasteiger partial charge on any atom is 0.341 e. The first-order valence-corrected chi connectivity index (χ1v) is 11.2. The summed E-state index contributed by atoms with van der Waals surface area (Å²) in [6.45, 7) is 6.86. The first-order valence-electron chi connectivity index (χ1n) is 8.93. The molecule has 1 aromatic heterocycles. The van der Waals surface area contributed by atoms with Crippen molar-refractivity contribution in [2.75, 3.05) is 25.5 Å². The van der Waals surface area contributed by atoms with Gasteiger partial charge >= 0.3 is 5.97 Å². The first-order chi connectivity index (χ1) is 13.1. The maximum absolute atomic E-state index is 13.0. The molecule has 2 heterocycles. The van der Waals surface area contributed by atoms with Gasteiger partial charge in [-0.05, 0) is 65.1 Å². The van der Waals surface area contributed by atoms with Crippen LogP contribution in [-0.2, 0) is 11.2 Å². The molecule has 150 valence electrons. The van der Waals surface area contributed by atoms with Crippen LogP contribution in [0.2, 0.25) is 5.02 Å². The van der Waals surface area contributed by atoms with Crippen LogP contribution < -0.4 is 5.32 Å². The molecule has 0 spiro atoms. The van der Waals surface area contributed by atoms with Gasteiger partial charge in [0, 0.05) is 17.2 Å². The summed E-state index contributed by atoms with van der Waals surface area (Å²) in [5, 5.41) is 4.40. The summed E-state index contributed by atoms with van der Waals surface area (Å²) in [6, 6.07) is 5.64. The minimum Gasteiger partial charge on any atom is -0.462 e. The van der Waals surface area contributed by atoms with E-state index >= 15 is 0 Å². The molecule has 0 radical (unpaired) electrons. The van der Waals surface area contributed by atoms with Crippen molar-refractivity contribution in [1.29, 1.82) is 0 Å². The van der Waals surface area contributed by atoms with Crippen LogP contribution in [0.15, 0.2) is 18.2 Å². The van der Waals surface area contributed by atoms with Crippen LogP contribution in [0, 0.1) is 8.99 Å². The Labute approximate surface area is 187 Å². The van der Waals surface area contributed by atoms with Crippen LogP contribution in [0.5, 0.6) is 0 Å². The van der Waals surface area contributed by atoms with Gasteiger partial charge in [0.1, 0.15) is 5.00 Å². The Morgan fingerprint density at radius 2 is 2.14 bits per heavy atom. The molecule has 1 aliphatic rings. The molecule has 1 aromatic carbocycles. The molecule has 2 aromatic rings. The normalized spacial score (nSPS) is 15.8. The zero-order valence-corrected chi connectivity index (χ0v) is 19.9. The fourth-order valence-corrected chi connectivity index (χ4v) is 5.57. The van der Waals surface area contributed by atoms with Gasteiger partial charge in [-0.15, -0.1) is 11.3 Å². The summed E-state index contributed by atoms with van der Waals surface area (Å²) in [4.78, 5) is 28.1. The van der Waals surface area contributed by atoms with Crippen LogP contribution in [0.4, 0.5) is 10.7 Å². The zero-order chi connectivity index (χ0) is 20.6. The second kappa shape index (κ2) is 8.20. The van der Waals surface area contributed by atoms with Crippen LogP contribution in [0.1, 0.15) is 46.4 Å². The summed E-state index contributed by atoms with van der Waals surface area (Å²) < 4.78 is 6.33. The van der Waals surface area contributed by atoms with E-state index in [9.17, 15) is 9.59 Å². The van der Waals surface area contributed by atoms with Gasteiger partial charge in [-0.2, -0.15) is 0 Å². The Kier molecular flexibility index (Phi) is 6.26. The molecule has 0 saturated heterocycles. The van der Waals surface area contributed by atoms with Crippen molar-refractivity contribution in [3.05, 3.63) is 42.8 Å². The molecule has 28 heavy (non-hydrogen) atoms. The predicted molar refractivity (Wildman–Crippen MR) is 122 cm³/mol. The van der Waals surface area contributed by atoms with Gasteiger partial charge < -0.3 is 15.0 Å². The first kappa shape index (κ1) is 21.4. The van der Waals surface area contributed by atoms with Crippen LogP contribution >= 0.6 is 45.5 Å². The number of amides is 1. The molecule has 1 amide bonds. The second-order valence-electron chi connectivity index (χ2n) is 7.59. The molecular weight excluding hydrogens is 511 g/mol. The average Bonchev–Trinajstić information content (AvgIpc) is 2.89. The smallest absolute Gasteiger partial charge is 0.341 e. The minimum absolute atomic E-state index is 0.0714. The van der Waals surface area contributed by atoms with Gasteiger partial charge in [0.2, 0.25) is 0 Å². The number of carbonyl (C=O) groups excluding carboxylic acids is 2. The van der Waals surface area contributed by atoms with Crippen molar-refractivity contribution in [2.24, 2.45) is 5.41 Å². The van der Waals surface area contributed by atoms with Crippen molar-refractivity contribution in [3.63, 3.8) is 0 Å². The Balaban J connectivity index is 2.15. The monoisotopic (exact) mass is 532 g/mol. The highest BCUT2D eigenvalue weighted by atomic mass is 127. The molecule has 0 unspecified atom stereocenters. The number of anilines is 2. The molecule has 8 heteroatoms. The molecule has 1 aliphatic heterocycles. The Morgan fingerprint density at radius 1 is 1.43 bits per heavy atom. The Hall–Kier alpha value is -1.32. The van der Waals surface area contributed by atoms with Crippen LogP contribution in [-0.4, -0.2) is 37.0 Å². The number of thiophene rings is 1. The lowest BCUT2D eigenvalue weighted by atomic mass is 9.85. The number of nitrogens with zero attached hydrogens (tertiary/aromatic N) is 1. The van der Waals surface area contributed by atoms with E-state index in [0.29, 0.717) is 39.1 Å². The lowest BCUT2D eigenvalue weighted by molar-refractivity contribution is 0.0526. The molecule has 3 rings (SSSR count). The van der Waals surface area contributed by atoms with E-state index in [1.54, 1.807) is 18.9 Å². The van der Waals surface area contributed by atoms with Crippen molar-refractivity contribution in [3.8, 4) is 0 Å². The third kappa shape index (κ3) is 4.31. The number of hydrogen-bond donors (Lipinski definition) is 1. The lowest BCUT2D eigenvalue weighted by Gasteiger charge is -2.27. The standard InChI is InChI=1S/C20H22ClIN2O3S/c1-5-27-19(26)15-12-9-20(2,3)10-24(4)18(25)16(12)28-17(15)23-14-7-6-11(22)8-13(14)21/h6-8,23H,5,9-10H2,1-4H3. The molecule has 0 aliphatic carbocycles. The van der Waals surface area contributed by atoms with Gasteiger partial charge in [-0.3, -0.25) is 4.79 Å². The third-order valence-electron chi connectivity index (χ3n) is 4.53. The largest absolute Gasteiger partial charge is 0.462 e. The third-order valence-corrected chi connectivity index (χ3v) is 6.65. The number of benzene rings is 1. The molecule has 0 atom stereocenters. The van der Waals surface area contributed by atoms with E-state index in [1.807, 2.05) is 18.2 Å². The number of fused-ring (bicyclic) bond motifs is 1.